The maximum atomic E-state index is 7.53. The van der Waals surface area contributed by atoms with Gasteiger partial charge in [-0.25, -0.2) is 0 Å². The molecule has 0 bridgehead atoms. The van der Waals surface area contributed by atoms with E-state index in [0.29, 0.717) is 169 Å². The molecule has 121 heavy (non-hydrogen) atoms. The molecule has 23 heteroatoms. The van der Waals surface area contributed by atoms with Crippen LogP contribution in [0.5, 0.6) is 69.0 Å². The minimum Gasteiger partial charge on any atom is -0.494 e. The second-order valence-electron chi connectivity index (χ2n) is 31.2. The first-order valence-electron chi connectivity index (χ1n) is 44.0. The predicted octanol–water partition coefficient (Wildman–Crippen LogP) is 28.1. The number of benzene rings is 7. The molecule has 4 aliphatic rings. The van der Waals surface area contributed by atoms with Crippen LogP contribution in [0.15, 0.2) is 146 Å². The fourth-order valence-corrected chi connectivity index (χ4v) is 21.8. The number of anilines is 8. The third-order valence-corrected chi connectivity index (χ3v) is 28.1. The summed E-state index contributed by atoms with van der Waals surface area (Å²) in [6, 6.07) is 51.0. The van der Waals surface area contributed by atoms with E-state index in [0.717, 1.165) is 135 Å². The maximum absolute atomic E-state index is 7.53. The smallest absolute Gasteiger partial charge is 0.181 e. The summed E-state index contributed by atoms with van der Waals surface area (Å²) in [4.78, 5) is 11.1. The van der Waals surface area contributed by atoms with Crippen molar-refractivity contribution in [3.8, 4) is 130 Å². The number of hydrogen-bond donors (Lipinski definition) is 2. The third-order valence-electron chi connectivity index (χ3n) is 22.5. The van der Waals surface area contributed by atoms with Gasteiger partial charge in [0.2, 0.25) is 0 Å². The van der Waals surface area contributed by atoms with Gasteiger partial charge in [-0.05, 0) is 158 Å². The molecule has 12 aromatic rings. The van der Waals surface area contributed by atoms with Crippen LogP contribution in [0.3, 0.4) is 0 Å². The Hall–Kier alpha value is -10.0. The quantitative estimate of drug-likeness (QED) is 0.0270. The fraction of sp³-hybridized carbons (Fsp3) is 0.408. The van der Waals surface area contributed by atoms with Crippen molar-refractivity contribution in [2.75, 3.05) is 101 Å². The summed E-state index contributed by atoms with van der Waals surface area (Å²) >= 11 is 7.27. The van der Waals surface area contributed by atoms with Crippen molar-refractivity contribution in [2.24, 2.45) is 0 Å². The summed E-state index contributed by atoms with van der Waals surface area (Å²) in [7, 11) is 0. The molecule has 4 aliphatic heterocycles. The van der Waals surface area contributed by atoms with E-state index >= 15 is 0 Å². The Morgan fingerprint density at radius 1 is 0.264 bits per heavy atom. The van der Waals surface area contributed by atoms with Gasteiger partial charge in [0.15, 0.2) is 46.0 Å². The highest BCUT2D eigenvalue weighted by atomic mass is 32.1. The van der Waals surface area contributed by atoms with Crippen molar-refractivity contribution in [3.63, 3.8) is 0 Å². The summed E-state index contributed by atoms with van der Waals surface area (Å²) in [5.41, 5.74) is 25.9. The molecule has 636 valence electrons. The van der Waals surface area contributed by atoms with Crippen LogP contribution in [-0.2, 0) is 0 Å². The molecular formula is C98H112N6O12S5. The number of ether oxygens (including phenoxy) is 12. The van der Waals surface area contributed by atoms with Gasteiger partial charge in [0.05, 0.1) is 88.5 Å². The summed E-state index contributed by atoms with van der Waals surface area (Å²) in [6.45, 7) is 14.6. The van der Waals surface area contributed by atoms with Crippen LogP contribution < -0.4 is 78.1 Å². The molecular weight excluding hydrogens is 1610 g/mol. The number of nitrogens with two attached hydrogens (primary N) is 2. The topological polar surface area (TPSA) is 195 Å². The number of aromatic nitrogens is 2. The third kappa shape index (κ3) is 19.6. The molecule has 0 saturated heterocycles. The molecule has 0 amide bonds. The van der Waals surface area contributed by atoms with Crippen molar-refractivity contribution >= 4 is 114 Å². The molecule has 0 radical (unpaired) electrons. The monoisotopic (exact) mass is 1720 g/mol. The molecule has 0 unspecified atom stereocenters. The molecule has 4 N–H and O–H groups in total. The molecule has 0 atom stereocenters. The lowest BCUT2D eigenvalue weighted by Gasteiger charge is -2.26. The Kier molecular flexibility index (Phi) is 29.1. The SMILES string of the molecule is CCCCCCCCOc1ccc(N(c2ccc(OCCCCCCCC)cc2)c2ccc(-c3sc(-c4sc(-c5c(N)c(N)c(-c6sc(-c7sc(-c8ccc(N(c9ccc(OCCCCCCCC)cc9)c9ccc(OCCCCCCCC)cc9)cc8)c8c7OCCO8)c7c6OCCO7)c6nsnc56)c5c4OCCO5)c4c3OCCO4)cc2)cc1. The Morgan fingerprint density at radius 3 is 0.719 bits per heavy atom. The van der Waals surface area contributed by atoms with E-state index in [1.54, 1.807) is 22.7 Å². The van der Waals surface area contributed by atoms with E-state index < -0.39 is 0 Å². The molecule has 16 rings (SSSR count). The highest BCUT2D eigenvalue weighted by Gasteiger charge is 2.39. The maximum Gasteiger partial charge on any atom is 0.181 e. The zero-order chi connectivity index (χ0) is 82.6. The average Bonchev–Trinajstić information content (AvgIpc) is 1.57. The van der Waals surface area contributed by atoms with Gasteiger partial charge in [-0.2, -0.15) is 8.75 Å². The second-order valence-corrected chi connectivity index (χ2v) is 35.8. The van der Waals surface area contributed by atoms with Crippen LogP contribution in [0.25, 0.3) is 72.3 Å². The first kappa shape index (κ1) is 84.6. The summed E-state index contributed by atoms with van der Waals surface area (Å²) in [5, 5.41) is 0. The minimum absolute atomic E-state index is 0.313. The Balaban J connectivity index is 0.686. The first-order valence-corrected chi connectivity index (χ1v) is 48.0. The number of nitrogen functional groups attached to an aromatic ring is 2. The number of hydrogen-bond acceptors (Lipinski definition) is 23. The number of rotatable bonds is 44. The number of unbranched alkanes of at least 4 members (excludes halogenated alkanes) is 20. The fourth-order valence-electron chi connectivity index (χ4n) is 16.1. The lowest BCUT2D eigenvalue weighted by Crippen LogP contribution is -2.16. The van der Waals surface area contributed by atoms with Crippen LogP contribution in [0, 0.1) is 0 Å². The number of thiophene rings is 4. The molecule has 0 fully saturated rings. The van der Waals surface area contributed by atoms with Crippen molar-refractivity contribution in [2.45, 2.75) is 182 Å². The van der Waals surface area contributed by atoms with Gasteiger partial charge in [-0.3, -0.25) is 0 Å². The Bertz CT molecular complexity index is 4880. The number of fused-ring (bicyclic) bond motifs is 5. The minimum atomic E-state index is 0.313. The lowest BCUT2D eigenvalue weighted by molar-refractivity contribution is 0.172. The van der Waals surface area contributed by atoms with Gasteiger partial charge in [0.25, 0.3) is 0 Å². The zero-order valence-corrected chi connectivity index (χ0v) is 74.3. The summed E-state index contributed by atoms with van der Waals surface area (Å²) < 4.78 is 88.5. The van der Waals surface area contributed by atoms with Gasteiger partial charge in [-0.15, -0.1) is 45.3 Å². The van der Waals surface area contributed by atoms with Gasteiger partial charge >= 0.3 is 0 Å². The van der Waals surface area contributed by atoms with Crippen molar-refractivity contribution < 1.29 is 56.8 Å². The van der Waals surface area contributed by atoms with Crippen molar-refractivity contribution in [1.82, 2.24) is 8.75 Å². The van der Waals surface area contributed by atoms with E-state index in [-0.39, 0.29) is 0 Å². The lowest BCUT2D eigenvalue weighted by atomic mass is 10.00. The highest BCUT2D eigenvalue weighted by molar-refractivity contribution is 7.27. The van der Waals surface area contributed by atoms with Gasteiger partial charge in [0.1, 0.15) is 86.9 Å². The number of nitrogens with zero attached hydrogens (tertiary/aromatic N) is 4. The van der Waals surface area contributed by atoms with Crippen LogP contribution in [-0.4, -0.2) is 88.0 Å². The highest BCUT2D eigenvalue weighted by Crippen LogP contribution is 2.66. The van der Waals surface area contributed by atoms with Gasteiger partial charge in [-0.1, -0.05) is 180 Å². The predicted molar refractivity (Wildman–Crippen MR) is 499 cm³/mol. The van der Waals surface area contributed by atoms with Gasteiger partial charge < -0.3 is 78.1 Å². The van der Waals surface area contributed by atoms with Crippen LogP contribution in [0.2, 0.25) is 0 Å². The van der Waals surface area contributed by atoms with E-state index in [1.807, 2.05) is 0 Å². The summed E-state index contributed by atoms with van der Waals surface area (Å²) in [5.74, 6) is 8.32. The molecule has 9 heterocycles. The Labute approximate surface area is 732 Å². The zero-order valence-electron chi connectivity index (χ0n) is 70.2. The van der Waals surface area contributed by atoms with Gasteiger partial charge in [0, 0.05) is 45.3 Å². The molecule has 0 saturated carbocycles. The van der Waals surface area contributed by atoms with E-state index in [1.165, 1.54) is 151 Å². The molecule has 0 aliphatic carbocycles. The van der Waals surface area contributed by atoms with Crippen molar-refractivity contribution in [3.05, 3.63) is 146 Å². The average molecular weight is 1730 g/mol. The molecule has 18 nitrogen and oxygen atoms in total. The first-order chi connectivity index (χ1) is 59.8. The van der Waals surface area contributed by atoms with Crippen LogP contribution in [0.4, 0.5) is 45.5 Å². The molecule has 0 spiro atoms. The normalized spacial score (nSPS) is 13.2. The summed E-state index contributed by atoms with van der Waals surface area (Å²) in [6.07, 6.45) is 29.1. The standard InChI is InChI=1S/C98H112N6O12S5/c1-5-9-13-17-21-25-53-105-73-45-37-69(38-46-73)103(70-39-47-74(48-40-70)106-54-26-22-18-14-10-6-2)67-33-29-65(30-34-67)91-83-87(113-61-57-109-83)95(117-91)97-89-85(111-59-63-115-89)93(119-97)77-79(99)80(100)78(82-81(77)101-121-102-82)94-86-90(116-64-60-112-86)98(120-94)96-88-84(110-58-62-114-88)92(118-96)66-31-35-68(36-32-66)104(71-41-49-75(50-42-71)107-55-27-23-19-15-11-7-3)72-43-51-76(52-44-72)108-56-28-24-20-16-12-8-4/h29-52H,5-28,53-64,99-100H2,1-4H3. The molecule has 7 aromatic carbocycles. The van der Waals surface area contributed by atoms with Crippen molar-refractivity contribution in [1.29, 1.82) is 0 Å². The van der Waals surface area contributed by atoms with E-state index in [9.17, 15) is 0 Å². The van der Waals surface area contributed by atoms with E-state index in [2.05, 4.69) is 183 Å². The second kappa shape index (κ2) is 41.7. The largest absolute Gasteiger partial charge is 0.494 e. The van der Waals surface area contributed by atoms with Crippen LogP contribution >= 0.6 is 57.1 Å². The molecule has 5 aromatic heterocycles. The Morgan fingerprint density at radius 2 is 0.471 bits per heavy atom. The van der Waals surface area contributed by atoms with E-state index in [4.69, 9.17) is 77.1 Å². The van der Waals surface area contributed by atoms with Crippen LogP contribution in [0.1, 0.15) is 182 Å².